The number of carbonyl (C=O) groups excluding carboxylic acids is 2. The van der Waals surface area contributed by atoms with E-state index >= 15 is 0 Å². The number of thiazole rings is 1. The van der Waals surface area contributed by atoms with Crippen molar-refractivity contribution in [3.05, 3.63) is 52.2 Å². The summed E-state index contributed by atoms with van der Waals surface area (Å²) in [6.07, 6.45) is 3.87. The van der Waals surface area contributed by atoms with Crippen LogP contribution >= 0.6 is 11.3 Å². The van der Waals surface area contributed by atoms with E-state index in [1.165, 1.54) is 11.3 Å². The van der Waals surface area contributed by atoms with Crippen LogP contribution in [-0.4, -0.2) is 21.7 Å². The van der Waals surface area contributed by atoms with Gasteiger partial charge in [-0.15, -0.1) is 0 Å². The molecule has 0 spiro atoms. The van der Waals surface area contributed by atoms with E-state index in [0.29, 0.717) is 27.5 Å². The molecular weight excluding hydrogens is 322 g/mol. The number of hydrogen-bond acceptors (Lipinski definition) is 5. The Balaban J connectivity index is 1.68. The van der Waals surface area contributed by atoms with Crippen LogP contribution in [0, 0.1) is 6.92 Å². The molecule has 0 radical (unpaired) electrons. The van der Waals surface area contributed by atoms with E-state index in [4.69, 9.17) is 0 Å². The minimum atomic E-state index is -0.253. The number of ketones is 1. The molecule has 4 rings (SSSR count). The van der Waals surface area contributed by atoms with Gasteiger partial charge < -0.3 is 0 Å². The topological polar surface area (TPSA) is 72.0 Å². The SMILES string of the molecule is Cc1ccc(C(=O)Nc2nc3c(s2)C(=O)CCC3)c2ncccc12. The number of nitrogens with zero attached hydrogens (tertiary/aromatic N) is 2. The summed E-state index contributed by atoms with van der Waals surface area (Å²) in [7, 11) is 0. The maximum absolute atomic E-state index is 12.7. The first-order chi connectivity index (χ1) is 11.6. The van der Waals surface area contributed by atoms with Crippen LogP contribution in [0.1, 0.15) is 44.1 Å². The average molecular weight is 337 g/mol. The molecule has 1 N–H and O–H groups in total. The summed E-state index contributed by atoms with van der Waals surface area (Å²) in [5, 5.41) is 4.26. The summed E-state index contributed by atoms with van der Waals surface area (Å²) in [5.41, 5.74) is 3.06. The van der Waals surface area contributed by atoms with Crippen LogP contribution in [0.25, 0.3) is 10.9 Å². The van der Waals surface area contributed by atoms with Crippen molar-refractivity contribution in [2.24, 2.45) is 0 Å². The molecule has 24 heavy (non-hydrogen) atoms. The molecule has 6 heteroatoms. The molecule has 1 amide bonds. The van der Waals surface area contributed by atoms with Crippen molar-refractivity contribution in [3.8, 4) is 0 Å². The molecular formula is C18H15N3O2S. The summed E-state index contributed by atoms with van der Waals surface area (Å²) < 4.78 is 0. The van der Waals surface area contributed by atoms with Gasteiger partial charge in [0.1, 0.15) is 0 Å². The van der Waals surface area contributed by atoms with E-state index in [1.807, 2.05) is 25.1 Å². The third-order valence-corrected chi connectivity index (χ3v) is 5.27. The number of carbonyl (C=O) groups is 2. The first-order valence-corrected chi connectivity index (χ1v) is 8.64. The Morgan fingerprint density at radius 1 is 1.25 bits per heavy atom. The third kappa shape index (κ3) is 2.49. The van der Waals surface area contributed by atoms with Crippen molar-refractivity contribution < 1.29 is 9.59 Å². The molecule has 1 aliphatic carbocycles. The van der Waals surface area contributed by atoms with Gasteiger partial charge in [0.2, 0.25) is 0 Å². The fraction of sp³-hybridized carbons (Fsp3) is 0.222. The van der Waals surface area contributed by atoms with E-state index in [-0.39, 0.29) is 11.7 Å². The second-order valence-electron chi connectivity index (χ2n) is 5.86. The molecule has 0 bridgehead atoms. The Bertz CT molecular complexity index is 978. The van der Waals surface area contributed by atoms with Crippen molar-refractivity contribution in [1.82, 2.24) is 9.97 Å². The Morgan fingerprint density at radius 2 is 2.12 bits per heavy atom. The number of pyridine rings is 1. The van der Waals surface area contributed by atoms with E-state index < -0.39 is 0 Å². The predicted molar refractivity (Wildman–Crippen MR) is 93.8 cm³/mol. The number of rotatable bonds is 2. The summed E-state index contributed by atoms with van der Waals surface area (Å²) in [5.74, 6) is -0.131. The first-order valence-electron chi connectivity index (χ1n) is 7.82. The smallest absolute Gasteiger partial charge is 0.259 e. The van der Waals surface area contributed by atoms with Crippen LogP contribution in [0.3, 0.4) is 0 Å². The van der Waals surface area contributed by atoms with Gasteiger partial charge in [0.05, 0.1) is 21.7 Å². The summed E-state index contributed by atoms with van der Waals surface area (Å²) in [6, 6.07) is 7.50. The van der Waals surface area contributed by atoms with Crippen LogP contribution in [0.2, 0.25) is 0 Å². The predicted octanol–water partition coefficient (Wildman–Crippen LogP) is 3.77. The molecule has 0 saturated carbocycles. The lowest BCUT2D eigenvalue weighted by atomic mass is 10.0. The van der Waals surface area contributed by atoms with Crippen molar-refractivity contribution in [1.29, 1.82) is 0 Å². The van der Waals surface area contributed by atoms with Crippen LogP contribution < -0.4 is 5.32 Å². The quantitative estimate of drug-likeness (QED) is 0.772. The average Bonchev–Trinajstić information content (AvgIpc) is 2.99. The van der Waals surface area contributed by atoms with Crippen LogP contribution in [0.4, 0.5) is 5.13 Å². The van der Waals surface area contributed by atoms with E-state index in [9.17, 15) is 9.59 Å². The zero-order chi connectivity index (χ0) is 16.7. The summed E-state index contributed by atoms with van der Waals surface area (Å²) in [4.78, 5) is 34.0. The number of aromatic nitrogens is 2. The highest BCUT2D eigenvalue weighted by Gasteiger charge is 2.23. The number of hydrogen-bond donors (Lipinski definition) is 1. The van der Waals surface area contributed by atoms with E-state index in [1.54, 1.807) is 12.3 Å². The molecule has 2 heterocycles. The minimum Gasteiger partial charge on any atom is -0.298 e. The molecule has 5 nitrogen and oxygen atoms in total. The lowest BCUT2D eigenvalue weighted by Crippen LogP contribution is -2.13. The van der Waals surface area contributed by atoms with Gasteiger partial charge in [-0.3, -0.25) is 19.9 Å². The number of anilines is 1. The second-order valence-corrected chi connectivity index (χ2v) is 6.85. The monoisotopic (exact) mass is 337 g/mol. The molecule has 2 aromatic heterocycles. The Kier molecular flexibility index (Phi) is 3.61. The lowest BCUT2D eigenvalue weighted by molar-refractivity contribution is 0.0975. The van der Waals surface area contributed by atoms with Gasteiger partial charge in [-0.2, -0.15) is 0 Å². The molecule has 0 aliphatic heterocycles. The maximum Gasteiger partial charge on any atom is 0.259 e. The summed E-state index contributed by atoms with van der Waals surface area (Å²) >= 11 is 1.26. The number of benzene rings is 1. The highest BCUT2D eigenvalue weighted by molar-refractivity contribution is 7.17. The Hall–Kier alpha value is -2.60. The van der Waals surface area contributed by atoms with Gasteiger partial charge >= 0.3 is 0 Å². The number of fused-ring (bicyclic) bond motifs is 2. The van der Waals surface area contributed by atoms with Gasteiger partial charge in [0.25, 0.3) is 5.91 Å². The molecule has 0 fully saturated rings. The van der Waals surface area contributed by atoms with Crippen LogP contribution in [0.15, 0.2) is 30.5 Å². The fourth-order valence-corrected chi connectivity index (χ4v) is 3.96. The highest BCUT2D eigenvalue weighted by Crippen LogP contribution is 2.30. The standard InChI is InChI=1S/C18H15N3O2S/c1-10-7-8-12(15-11(10)4-3-9-19-15)17(23)21-18-20-13-5-2-6-14(22)16(13)24-18/h3-4,7-9H,2,5-6H2,1H3,(H,20,21,23). The largest absolute Gasteiger partial charge is 0.298 e. The second kappa shape index (κ2) is 5.79. The lowest BCUT2D eigenvalue weighted by Gasteiger charge is -2.07. The molecule has 0 unspecified atom stereocenters. The van der Waals surface area contributed by atoms with Gasteiger partial charge in [-0.1, -0.05) is 23.5 Å². The molecule has 120 valence electrons. The Labute approximate surface area is 142 Å². The molecule has 0 atom stereocenters. The van der Waals surface area contributed by atoms with E-state index in [0.717, 1.165) is 29.5 Å². The number of aryl methyl sites for hydroxylation is 2. The molecule has 1 aliphatic rings. The molecule has 3 aromatic rings. The number of nitrogens with one attached hydrogen (secondary N) is 1. The first kappa shape index (κ1) is 15.0. The highest BCUT2D eigenvalue weighted by atomic mass is 32.1. The maximum atomic E-state index is 12.7. The van der Waals surface area contributed by atoms with Gasteiger partial charge in [-0.05, 0) is 37.5 Å². The van der Waals surface area contributed by atoms with Crippen molar-refractivity contribution in [2.45, 2.75) is 26.2 Å². The zero-order valence-corrected chi connectivity index (χ0v) is 13.9. The fourth-order valence-electron chi connectivity index (χ4n) is 2.99. The summed E-state index contributed by atoms with van der Waals surface area (Å²) in [6.45, 7) is 1.99. The van der Waals surface area contributed by atoms with Crippen molar-refractivity contribution in [2.75, 3.05) is 5.32 Å². The molecule has 0 saturated heterocycles. The van der Waals surface area contributed by atoms with Crippen molar-refractivity contribution in [3.63, 3.8) is 0 Å². The van der Waals surface area contributed by atoms with Crippen LogP contribution in [-0.2, 0) is 6.42 Å². The third-order valence-electron chi connectivity index (χ3n) is 4.22. The minimum absolute atomic E-state index is 0.122. The molecule has 1 aromatic carbocycles. The van der Waals surface area contributed by atoms with E-state index in [2.05, 4.69) is 15.3 Å². The van der Waals surface area contributed by atoms with Gasteiger partial charge in [0.15, 0.2) is 10.9 Å². The van der Waals surface area contributed by atoms with Gasteiger partial charge in [-0.25, -0.2) is 4.98 Å². The normalized spacial score (nSPS) is 13.8. The zero-order valence-electron chi connectivity index (χ0n) is 13.1. The number of Topliss-reactive ketones (excluding diaryl/α,β-unsaturated/α-hetero) is 1. The van der Waals surface area contributed by atoms with Gasteiger partial charge in [0, 0.05) is 18.0 Å². The Morgan fingerprint density at radius 3 is 2.96 bits per heavy atom. The van der Waals surface area contributed by atoms with Crippen molar-refractivity contribution >= 4 is 39.1 Å². The van der Waals surface area contributed by atoms with Crippen LogP contribution in [0.5, 0.6) is 0 Å². The number of amides is 1.